The highest BCUT2D eigenvalue weighted by Crippen LogP contribution is 2.33. The van der Waals surface area contributed by atoms with Crippen molar-refractivity contribution in [1.82, 2.24) is 9.97 Å². The van der Waals surface area contributed by atoms with Crippen LogP contribution in [0.4, 0.5) is 0 Å². The van der Waals surface area contributed by atoms with Crippen molar-refractivity contribution in [2.75, 3.05) is 0 Å². The van der Waals surface area contributed by atoms with Crippen LogP contribution in [0.5, 0.6) is 0 Å². The third-order valence-corrected chi connectivity index (χ3v) is 6.56. The first-order valence-electron chi connectivity index (χ1n) is 7.57. The fourth-order valence-corrected chi connectivity index (χ4v) is 4.83. The number of thiazole rings is 2. The van der Waals surface area contributed by atoms with Crippen molar-refractivity contribution in [2.24, 2.45) is 0 Å². The molecule has 0 saturated heterocycles. The summed E-state index contributed by atoms with van der Waals surface area (Å²) in [4.78, 5) is 11.7. The van der Waals surface area contributed by atoms with Gasteiger partial charge in [0.2, 0.25) is 0 Å². The second kappa shape index (κ2) is 7.50. The second-order valence-corrected chi connectivity index (χ2v) is 9.15. The molecule has 2 aromatic heterocycles. The Balaban J connectivity index is 1.67. The van der Waals surface area contributed by atoms with Gasteiger partial charge in [0.05, 0.1) is 22.4 Å². The van der Waals surface area contributed by atoms with Crippen LogP contribution in [-0.2, 0) is 6.42 Å². The molecule has 25 heavy (non-hydrogen) atoms. The van der Waals surface area contributed by atoms with Crippen molar-refractivity contribution in [2.45, 2.75) is 6.42 Å². The van der Waals surface area contributed by atoms with E-state index >= 15 is 0 Å². The third kappa shape index (κ3) is 3.77. The van der Waals surface area contributed by atoms with Gasteiger partial charge in [-0.25, -0.2) is 9.97 Å². The van der Waals surface area contributed by atoms with Crippen LogP contribution in [0, 0.1) is 0 Å². The van der Waals surface area contributed by atoms with Gasteiger partial charge in [-0.3, -0.25) is 0 Å². The summed E-state index contributed by atoms with van der Waals surface area (Å²) in [6, 6.07) is 16.6. The van der Waals surface area contributed by atoms with Gasteiger partial charge in [0.1, 0.15) is 0 Å². The van der Waals surface area contributed by atoms with Gasteiger partial charge >= 0.3 is 0 Å². The lowest BCUT2D eigenvalue weighted by molar-refractivity contribution is 1.24. The van der Waals surface area contributed by atoms with Gasteiger partial charge in [-0.1, -0.05) is 56.1 Å². The maximum Gasteiger partial charge on any atom is 0.0846 e. The minimum atomic E-state index is 0.853. The zero-order valence-electron chi connectivity index (χ0n) is 12.9. The molecule has 0 radical (unpaired) electrons. The van der Waals surface area contributed by atoms with Crippen LogP contribution in [0.15, 0.2) is 68.5 Å². The molecular formula is C19H12Br2N2S2. The first kappa shape index (κ1) is 17.1. The van der Waals surface area contributed by atoms with Gasteiger partial charge in [0.15, 0.2) is 0 Å². The lowest BCUT2D eigenvalue weighted by atomic mass is 10.1. The van der Waals surface area contributed by atoms with E-state index in [2.05, 4.69) is 90.4 Å². The number of hydrogen-bond donors (Lipinski definition) is 0. The smallest absolute Gasteiger partial charge is 0.0846 e. The average Bonchev–Trinajstić information content (AvgIpc) is 3.26. The topological polar surface area (TPSA) is 25.8 Å². The normalized spacial score (nSPS) is 11.0. The number of benzene rings is 2. The minimum absolute atomic E-state index is 0.853. The molecule has 0 unspecified atom stereocenters. The summed E-state index contributed by atoms with van der Waals surface area (Å²) in [7, 11) is 0. The third-order valence-electron chi connectivity index (χ3n) is 3.84. The summed E-state index contributed by atoms with van der Waals surface area (Å²) in [6.45, 7) is 0. The number of aromatic nitrogens is 2. The molecule has 4 rings (SSSR count). The largest absolute Gasteiger partial charge is 0.244 e. The summed E-state index contributed by atoms with van der Waals surface area (Å²) >= 11 is 10.4. The molecule has 0 aliphatic carbocycles. The van der Waals surface area contributed by atoms with E-state index in [0.29, 0.717) is 0 Å². The van der Waals surface area contributed by atoms with Crippen molar-refractivity contribution in [3.05, 3.63) is 78.3 Å². The van der Waals surface area contributed by atoms with E-state index in [1.165, 1.54) is 9.75 Å². The van der Waals surface area contributed by atoms with Gasteiger partial charge in [0, 0.05) is 36.2 Å². The van der Waals surface area contributed by atoms with Crippen molar-refractivity contribution >= 4 is 54.5 Å². The van der Waals surface area contributed by atoms with Crippen molar-refractivity contribution < 1.29 is 0 Å². The van der Waals surface area contributed by atoms with Crippen LogP contribution in [0.1, 0.15) is 9.75 Å². The molecule has 4 aromatic rings. The molecule has 0 aliphatic rings. The molecule has 124 valence electrons. The van der Waals surface area contributed by atoms with E-state index < -0.39 is 0 Å². The molecule has 0 N–H and O–H groups in total. The van der Waals surface area contributed by atoms with E-state index in [-0.39, 0.29) is 0 Å². The second-order valence-electron chi connectivity index (χ2n) is 5.44. The lowest BCUT2D eigenvalue weighted by Crippen LogP contribution is -1.90. The maximum atomic E-state index is 4.59. The first-order chi connectivity index (χ1) is 12.2. The molecule has 0 saturated carbocycles. The highest BCUT2D eigenvalue weighted by Gasteiger charge is 2.14. The predicted octanol–water partition coefficient (Wildman–Crippen LogP) is 7.05. The number of rotatable bonds is 4. The first-order valence-corrected chi connectivity index (χ1v) is 10.9. The molecular weight excluding hydrogens is 480 g/mol. The molecule has 0 spiro atoms. The number of nitrogens with zero attached hydrogens (tertiary/aromatic N) is 2. The Bertz CT molecular complexity index is 907. The van der Waals surface area contributed by atoms with E-state index in [4.69, 9.17) is 0 Å². The lowest BCUT2D eigenvalue weighted by Gasteiger charge is -2.05. The monoisotopic (exact) mass is 490 g/mol. The molecule has 0 fully saturated rings. The molecule has 2 nitrogen and oxygen atoms in total. The van der Waals surface area contributed by atoms with Crippen LogP contribution in [-0.4, -0.2) is 9.97 Å². The highest BCUT2D eigenvalue weighted by molar-refractivity contribution is 9.10. The SMILES string of the molecule is Brc1ccc(-c2ncsc2Cc2scnc2-c2ccc(Br)cc2)cc1. The number of hydrogen-bond acceptors (Lipinski definition) is 4. The van der Waals surface area contributed by atoms with Crippen molar-refractivity contribution in [3.8, 4) is 22.5 Å². The van der Waals surface area contributed by atoms with E-state index in [1.54, 1.807) is 22.7 Å². The summed E-state index contributed by atoms with van der Waals surface area (Å²) < 4.78 is 2.15. The highest BCUT2D eigenvalue weighted by atomic mass is 79.9. The Labute approximate surface area is 170 Å². The van der Waals surface area contributed by atoms with Crippen LogP contribution in [0.25, 0.3) is 22.5 Å². The summed E-state index contributed by atoms with van der Waals surface area (Å²) in [5.74, 6) is 0. The van der Waals surface area contributed by atoms with Crippen molar-refractivity contribution in [3.63, 3.8) is 0 Å². The molecule has 0 aliphatic heterocycles. The maximum absolute atomic E-state index is 4.59. The Morgan fingerprint density at radius 1 is 0.640 bits per heavy atom. The molecule has 0 amide bonds. The molecule has 2 aromatic carbocycles. The Kier molecular flexibility index (Phi) is 5.12. The molecule has 0 bridgehead atoms. The summed E-state index contributed by atoms with van der Waals surface area (Å²) in [6.07, 6.45) is 0.853. The summed E-state index contributed by atoms with van der Waals surface area (Å²) in [5, 5.41) is 0. The Morgan fingerprint density at radius 3 is 1.44 bits per heavy atom. The molecule has 6 heteroatoms. The predicted molar refractivity (Wildman–Crippen MR) is 113 cm³/mol. The quantitative estimate of drug-likeness (QED) is 0.305. The van der Waals surface area contributed by atoms with Gasteiger partial charge in [-0.15, -0.1) is 22.7 Å². The van der Waals surface area contributed by atoms with Gasteiger partial charge in [0.25, 0.3) is 0 Å². The number of halogens is 2. The molecule has 2 heterocycles. The van der Waals surface area contributed by atoms with Gasteiger partial charge in [-0.2, -0.15) is 0 Å². The zero-order valence-corrected chi connectivity index (χ0v) is 17.8. The van der Waals surface area contributed by atoms with E-state index in [0.717, 1.165) is 37.9 Å². The van der Waals surface area contributed by atoms with Crippen LogP contribution in [0.2, 0.25) is 0 Å². The standard InChI is InChI=1S/C19H12Br2N2S2/c20-14-5-1-12(2-6-14)18-16(24-10-22-18)9-17-19(23-11-25-17)13-3-7-15(21)8-4-13/h1-8,10-11H,9H2. The fraction of sp³-hybridized carbons (Fsp3) is 0.0526. The average molecular weight is 492 g/mol. The van der Waals surface area contributed by atoms with E-state index in [1.807, 2.05) is 11.0 Å². The summed E-state index contributed by atoms with van der Waals surface area (Å²) in [5.41, 5.74) is 8.27. The van der Waals surface area contributed by atoms with Crippen LogP contribution < -0.4 is 0 Å². The van der Waals surface area contributed by atoms with Crippen LogP contribution >= 0.6 is 54.5 Å². The molecule has 0 atom stereocenters. The zero-order chi connectivity index (χ0) is 17.2. The van der Waals surface area contributed by atoms with Crippen molar-refractivity contribution in [1.29, 1.82) is 0 Å². The minimum Gasteiger partial charge on any atom is -0.244 e. The Morgan fingerprint density at radius 2 is 1.04 bits per heavy atom. The van der Waals surface area contributed by atoms with Gasteiger partial charge in [-0.05, 0) is 24.3 Å². The fourth-order valence-electron chi connectivity index (χ4n) is 2.62. The van der Waals surface area contributed by atoms with E-state index in [9.17, 15) is 0 Å². The van der Waals surface area contributed by atoms with Crippen LogP contribution in [0.3, 0.4) is 0 Å². The van der Waals surface area contributed by atoms with Gasteiger partial charge < -0.3 is 0 Å². The Hall–Kier alpha value is -1.34.